The molecule has 0 atom stereocenters. The van der Waals surface area contributed by atoms with Gasteiger partial charge in [-0.1, -0.05) is 24.3 Å². The monoisotopic (exact) mass is 414 g/mol. The molecule has 2 aromatic heterocycles. The number of benzene rings is 1. The van der Waals surface area contributed by atoms with E-state index in [-0.39, 0.29) is 12.3 Å². The molecule has 1 aromatic carbocycles. The van der Waals surface area contributed by atoms with Gasteiger partial charge >= 0.3 is 6.61 Å². The molecule has 2 N–H and O–H groups in total. The van der Waals surface area contributed by atoms with Crippen molar-refractivity contribution in [1.82, 2.24) is 25.4 Å². The third-order valence-corrected chi connectivity index (χ3v) is 4.35. The fraction of sp³-hybridized carbons (Fsp3) is 0.286. The third kappa shape index (κ3) is 5.53. The van der Waals surface area contributed by atoms with Gasteiger partial charge in [-0.2, -0.15) is 13.9 Å². The number of aliphatic imine (C=N–C) groups is 1. The van der Waals surface area contributed by atoms with Crippen LogP contribution in [0.5, 0.6) is 5.75 Å². The number of rotatable bonds is 7. The first-order chi connectivity index (χ1) is 14.5. The molecule has 0 unspecified atom stereocenters. The molecule has 0 aliphatic rings. The molecule has 2 heterocycles. The zero-order chi connectivity index (χ0) is 21.5. The average Bonchev–Trinajstić information content (AvgIpc) is 3.07. The summed E-state index contributed by atoms with van der Waals surface area (Å²) in [5, 5.41) is 10.7. The van der Waals surface area contributed by atoms with Crippen LogP contribution in [0.25, 0.3) is 5.82 Å². The molecule has 0 saturated heterocycles. The van der Waals surface area contributed by atoms with Crippen molar-refractivity contribution in [3.8, 4) is 11.6 Å². The summed E-state index contributed by atoms with van der Waals surface area (Å²) in [6.07, 6.45) is 1.78. The Morgan fingerprint density at radius 3 is 2.53 bits per heavy atom. The van der Waals surface area contributed by atoms with Crippen molar-refractivity contribution in [2.75, 3.05) is 7.05 Å². The van der Waals surface area contributed by atoms with Gasteiger partial charge in [0.15, 0.2) is 11.8 Å². The highest BCUT2D eigenvalue weighted by atomic mass is 19.3. The number of nitrogens with one attached hydrogen (secondary N) is 2. The van der Waals surface area contributed by atoms with E-state index in [1.807, 2.05) is 32.0 Å². The van der Waals surface area contributed by atoms with Gasteiger partial charge in [-0.3, -0.25) is 4.99 Å². The van der Waals surface area contributed by atoms with Crippen LogP contribution in [0.4, 0.5) is 8.78 Å². The Kier molecular flexibility index (Phi) is 6.95. The van der Waals surface area contributed by atoms with Crippen LogP contribution >= 0.6 is 0 Å². The molecule has 9 heteroatoms. The lowest BCUT2D eigenvalue weighted by molar-refractivity contribution is -0.0504. The molecule has 7 nitrogen and oxygen atoms in total. The maximum Gasteiger partial charge on any atom is 0.387 e. The van der Waals surface area contributed by atoms with E-state index in [4.69, 9.17) is 0 Å². The Hall–Kier alpha value is -3.49. The van der Waals surface area contributed by atoms with Crippen molar-refractivity contribution in [2.45, 2.75) is 33.5 Å². The van der Waals surface area contributed by atoms with Crippen LogP contribution < -0.4 is 15.4 Å². The van der Waals surface area contributed by atoms with Crippen molar-refractivity contribution in [3.63, 3.8) is 0 Å². The topological polar surface area (TPSA) is 76.4 Å². The number of hydrogen-bond acceptors (Lipinski definition) is 4. The number of ether oxygens (including phenoxy) is 1. The predicted molar refractivity (Wildman–Crippen MR) is 111 cm³/mol. The second-order valence-electron chi connectivity index (χ2n) is 6.63. The van der Waals surface area contributed by atoms with Gasteiger partial charge < -0.3 is 15.4 Å². The number of halogens is 2. The Bertz CT molecular complexity index is 1000. The van der Waals surface area contributed by atoms with Crippen molar-refractivity contribution < 1.29 is 13.5 Å². The Morgan fingerprint density at radius 1 is 1.13 bits per heavy atom. The van der Waals surface area contributed by atoms with E-state index in [1.165, 1.54) is 6.07 Å². The van der Waals surface area contributed by atoms with Gasteiger partial charge in [0.1, 0.15) is 5.75 Å². The van der Waals surface area contributed by atoms with E-state index in [1.54, 1.807) is 36.1 Å². The number of aromatic nitrogens is 3. The third-order valence-electron chi connectivity index (χ3n) is 4.35. The number of pyridine rings is 1. The Morgan fingerprint density at radius 2 is 1.90 bits per heavy atom. The molecule has 3 rings (SSSR count). The molecular formula is C21H24F2N6O. The quantitative estimate of drug-likeness (QED) is 0.458. The lowest BCUT2D eigenvalue weighted by atomic mass is 10.2. The van der Waals surface area contributed by atoms with Crippen molar-refractivity contribution >= 4 is 5.96 Å². The first-order valence-electron chi connectivity index (χ1n) is 9.42. The van der Waals surface area contributed by atoms with Crippen LogP contribution in [0.3, 0.4) is 0 Å². The molecule has 0 radical (unpaired) electrons. The highest BCUT2D eigenvalue weighted by molar-refractivity contribution is 5.79. The van der Waals surface area contributed by atoms with E-state index in [0.717, 1.165) is 22.8 Å². The van der Waals surface area contributed by atoms with Gasteiger partial charge in [-0.25, -0.2) is 9.67 Å². The van der Waals surface area contributed by atoms with Crippen LogP contribution in [-0.4, -0.2) is 34.4 Å². The molecule has 0 amide bonds. The number of hydrogen-bond donors (Lipinski definition) is 2. The molecule has 0 bridgehead atoms. The first kappa shape index (κ1) is 21.2. The number of nitrogens with zero attached hydrogens (tertiary/aromatic N) is 4. The summed E-state index contributed by atoms with van der Waals surface area (Å²) in [7, 11) is 1.64. The average molecular weight is 414 g/mol. The molecule has 30 heavy (non-hydrogen) atoms. The summed E-state index contributed by atoms with van der Waals surface area (Å²) in [6.45, 7) is 1.85. The highest BCUT2D eigenvalue weighted by Gasteiger charge is 2.10. The van der Waals surface area contributed by atoms with Gasteiger partial charge in [0.2, 0.25) is 0 Å². The summed E-state index contributed by atoms with van der Waals surface area (Å²) >= 11 is 0. The second kappa shape index (κ2) is 9.82. The van der Waals surface area contributed by atoms with E-state index >= 15 is 0 Å². The molecule has 3 aromatic rings. The van der Waals surface area contributed by atoms with Crippen LogP contribution in [0, 0.1) is 13.8 Å². The minimum Gasteiger partial charge on any atom is -0.434 e. The summed E-state index contributed by atoms with van der Waals surface area (Å²) in [4.78, 5) is 8.63. The van der Waals surface area contributed by atoms with Gasteiger partial charge in [0, 0.05) is 37.6 Å². The number of para-hydroxylation sites is 1. The number of alkyl halides is 2. The lowest BCUT2D eigenvalue weighted by Crippen LogP contribution is -2.36. The standard InChI is InChI=1S/C21H24F2N6O/c1-14-10-15(2)29(28-14)19-9-8-16(11-25-19)12-26-21(24-3)27-13-17-6-4-5-7-18(17)30-20(22)23/h4-11,20H,12-13H2,1-3H3,(H2,24,26,27). The van der Waals surface area contributed by atoms with E-state index in [2.05, 4.69) is 30.4 Å². The maximum absolute atomic E-state index is 12.5. The minimum atomic E-state index is -2.87. The second-order valence-corrected chi connectivity index (χ2v) is 6.63. The van der Waals surface area contributed by atoms with Gasteiger partial charge in [-0.15, -0.1) is 0 Å². The summed E-state index contributed by atoms with van der Waals surface area (Å²) in [5.74, 6) is 1.42. The maximum atomic E-state index is 12.5. The van der Waals surface area contributed by atoms with Crippen LogP contribution in [-0.2, 0) is 13.1 Å². The molecule has 0 fully saturated rings. The fourth-order valence-corrected chi connectivity index (χ4v) is 2.95. The SMILES string of the molecule is CN=C(NCc1ccc(-n2nc(C)cc2C)nc1)NCc1ccccc1OC(F)F. The van der Waals surface area contributed by atoms with Crippen LogP contribution in [0.2, 0.25) is 0 Å². The number of aryl methyl sites for hydroxylation is 2. The predicted octanol–water partition coefficient (Wildman–Crippen LogP) is 3.35. The number of guanidine groups is 1. The summed E-state index contributed by atoms with van der Waals surface area (Å²) in [6, 6.07) is 12.5. The zero-order valence-electron chi connectivity index (χ0n) is 17.1. The van der Waals surface area contributed by atoms with E-state index in [9.17, 15) is 8.78 Å². The highest BCUT2D eigenvalue weighted by Crippen LogP contribution is 2.19. The Labute approximate surface area is 173 Å². The molecule has 0 spiro atoms. The molecule has 0 saturated carbocycles. The van der Waals surface area contributed by atoms with Gasteiger partial charge in [-0.05, 0) is 37.6 Å². The smallest absolute Gasteiger partial charge is 0.387 e. The largest absolute Gasteiger partial charge is 0.434 e. The van der Waals surface area contributed by atoms with Crippen LogP contribution in [0.15, 0.2) is 53.7 Å². The molecule has 158 valence electrons. The summed E-state index contributed by atoms with van der Waals surface area (Å²) in [5.41, 5.74) is 3.53. The molecule has 0 aliphatic carbocycles. The first-order valence-corrected chi connectivity index (χ1v) is 9.42. The minimum absolute atomic E-state index is 0.138. The molecular weight excluding hydrogens is 390 g/mol. The molecule has 0 aliphatic heterocycles. The van der Waals surface area contributed by atoms with E-state index < -0.39 is 6.61 Å². The van der Waals surface area contributed by atoms with Gasteiger partial charge in [0.25, 0.3) is 0 Å². The summed E-state index contributed by atoms with van der Waals surface area (Å²) < 4.78 is 31.4. The van der Waals surface area contributed by atoms with Gasteiger partial charge in [0.05, 0.1) is 5.69 Å². The van der Waals surface area contributed by atoms with Crippen molar-refractivity contribution in [2.24, 2.45) is 4.99 Å². The lowest BCUT2D eigenvalue weighted by Gasteiger charge is -2.14. The fourth-order valence-electron chi connectivity index (χ4n) is 2.95. The van der Waals surface area contributed by atoms with Crippen LogP contribution in [0.1, 0.15) is 22.5 Å². The zero-order valence-corrected chi connectivity index (χ0v) is 17.1. The normalized spacial score (nSPS) is 11.6. The Balaban J connectivity index is 1.57. The van der Waals surface area contributed by atoms with Crippen molar-refractivity contribution in [1.29, 1.82) is 0 Å². The van der Waals surface area contributed by atoms with Crippen molar-refractivity contribution in [3.05, 3.63) is 71.2 Å². The van der Waals surface area contributed by atoms with E-state index in [0.29, 0.717) is 18.1 Å².